The van der Waals surface area contributed by atoms with Crippen molar-refractivity contribution >= 4 is 0 Å². The van der Waals surface area contributed by atoms with Gasteiger partial charge in [-0.2, -0.15) is 0 Å². The molecular weight excluding hydrogens is 236 g/mol. The molecule has 0 radical (unpaired) electrons. The van der Waals surface area contributed by atoms with Crippen LogP contribution in [-0.2, 0) is 6.54 Å². The van der Waals surface area contributed by atoms with Crippen LogP contribution in [0, 0.1) is 13.8 Å². The van der Waals surface area contributed by atoms with E-state index < -0.39 is 0 Å². The van der Waals surface area contributed by atoms with E-state index in [9.17, 15) is 0 Å². The summed E-state index contributed by atoms with van der Waals surface area (Å²) in [5.41, 5.74) is 9.25. The number of likely N-dealkylation sites (tertiary alicyclic amines) is 1. The van der Waals surface area contributed by atoms with Crippen molar-refractivity contribution in [3.8, 4) is 5.75 Å². The van der Waals surface area contributed by atoms with Crippen molar-refractivity contribution in [2.24, 2.45) is 5.73 Å². The van der Waals surface area contributed by atoms with Crippen molar-refractivity contribution in [3.05, 3.63) is 28.8 Å². The molecule has 1 aromatic rings. The van der Waals surface area contributed by atoms with Gasteiger partial charge in [0, 0.05) is 13.1 Å². The molecule has 0 bridgehead atoms. The predicted octanol–water partition coefficient (Wildman–Crippen LogP) is 2.63. The third-order valence-corrected chi connectivity index (χ3v) is 3.82. The number of rotatable bonds is 6. The summed E-state index contributed by atoms with van der Waals surface area (Å²) in [5, 5.41) is 0. The molecule has 0 saturated carbocycles. The highest BCUT2D eigenvalue weighted by Crippen LogP contribution is 2.24. The average molecular weight is 262 g/mol. The van der Waals surface area contributed by atoms with E-state index in [0.29, 0.717) is 6.54 Å². The van der Waals surface area contributed by atoms with E-state index in [4.69, 9.17) is 10.5 Å². The number of nitrogens with two attached hydrogens (primary N) is 1. The zero-order valence-electron chi connectivity index (χ0n) is 12.2. The first kappa shape index (κ1) is 14.4. The molecule has 1 fully saturated rings. The number of ether oxygens (including phenoxy) is 1. The first-order valence-electron chi connectivity index (χ1n) is 7.36. The summed E-state index contributed by atoms with van der Waals surface area (Å²) in [5.74, 6) is 1.04. The van der Waals surface area contributed by atoms with Gasteiger partial charge in [0.2, 0.25) is 0 Å². The second-order valence-electron chi connectivity index (χ2n) is 5.51. The van der Waals surface area contributed by atoms with E-state index in [1.807, 2.05) is 0 Å². The fraction of sp³-hybridized carbons (Fsp3) is 0.625. The summed E-state index contributed by atoms with van der Waals surface area (Å²) < 4.78 is 5.96. The Morgan fingerprint density at radius 1 is 1.16 bits per heavy atom. The maximum atomic E-state index is 5.96. The Morgan fingerprint density at radius 3 is 2.37 bits per heavy atom. The third-order valence-electron chi connectivity index (χ3n) is 3.82. The van der Waals surface area contributed by atoms with Gasteiger partial charge in [0.05, 0.1) is 6.61 Å². The zero-order valence-corrected chi connectivity index (χ0v) is 12.2. The summed E-state index contributed by atoms with van der Waals surface area (Å²) in [7, 11) is 0. The standard InChI is InChI=1S/C16H26N2O/c1-13-10-15(12-17)11-14(2)16(13)19-9-5-8-18-6-3-4-7-18/h10-11H,3-9,12,17H2,1-2H3. The van der Waals surface area contributed by atoms with Gasteiger partial charge in [-0.05, 0) is 62.9 Å². The number of hydrogen-bond donors (Lipinski definition) is 1. The lowest BCUT2D eigenvalue weighted by Crippen LogP contribution is -2.22. The SMILES string of the molecule is Cc1cc(CN)cc(C)c1OCCCN1CCCC1. The van der Waals surface area contributed by atoms with Crippen molar-refractivity contribution in [2.75, 3.05) is 26.2 Å². The van der Waals surface area contributed by atoms with Crippen LogP contribution in [0.15, 0.2) is 12.1 Å². The fourth-order valence-corrected chi connectivity index (χ4v) is 2.85. The van der Waals surface area contributed by atoms with Crippen molar-refractivity contribution in [3.63, 3.8) is 0 Å². The minimum Gasteiger partial charge on any atom is -0.493 e. The second-order valence-corrected chi connectivity index (χ2v) is 5.51. The smallest absolute Gasteiger partial charge is 0.125 e. The van der Waals surface area contributed by atoms with E-state index in [1.54, 1.807) is 0 Å². The number of aryl methyl sites for hydroxylation is 2. The number of hydrogen-bond acceptors (Lipinski definition) is 3. The Bertz CT molecular complexity index is 388. The van der Waals surface area contributed by atoms with Crippen LogP contribution in [-0.4, -0.2) is 31.1 Å². The lowest BCUT2D eigenvalue weighted by atomic mass is 10.1. The minimum atomic E-state index is 0.594. The molecular formula is C16H26N2O. The Labute approximate surface area is 116 Å². The molecule has 0 aliphatic carbocycles. The van der Waals surface area contributed by atoms with Crippen molar-refractivity contribution in [2.45, 2.75) is 39.7 Å². The molecule has 3 nitrogen and oxygen atoms in total. The molecule has 0 atom stereocenters. The van der Waals surface area contributed by atoms with Crippen molar-refractivity contribution < 1.29 is 4.74 Å². The van der Waals surface area contributed by atoms with Gasteiger partial charge in [-0.3, -0.25) is 0 Å². The largest absolute Gasteiger partial charge is 0.493 e. The van der Waals surface area contributed by atoms with Crippen LogP contribution in [0.4, 0.5) is 0 Å². The monoisotopic (exact) mass is 262 g/mol. The molecule has 0 unspecified atom stereocenters. The Morgan fingerprint density at radius 2 is 1.79 bits per heavy atom. The summed E-state index contributed by atoms with van der Waals surface area (Å²) in [6, 6.07) is 4.26. The minimum absolute atomic E-state index is 0.594. The first-order chi connectivity index (χ1) is 9.20. The highest BCUT2D eigenvalue weighted by molar-refractivity contribution is 5.43. The molecule has 1 heterocycles. The number of nitrogens with zero attached hydrogens (tertiary/aromatic N) is 1. The van der Waals surface area contributed by atoms with Crippen LogP contribution in [0.25, 0.3) is 0 Å². The molecule has 19 heavy (non-hydrogen) atoms. The summed E-state index contributed by atoms with van der Waals surface area (Å²) in [6.07, 6.45) is 3.83. The van der Waals surface area contributed by atoms with Crippen LogP contribution < -0.4 is 10.5 Å². The lowest BCUT2D eigenvalue weighted by Gasteiger charge is -2.16. The lowest BCUT2D eigenvalue weighted by molar-refractivity contribution is 0.261. The predicted molar refractivity (Wildman–Crippen MR) is 79.6 cm³/mol. The summed E-state index contributed by atoms with van der Waals surface area (Å²) >= 11 is 0. The van der Waals surface area contributed by atoms with E-state index in [2.05, 4.69) is 30.9 Å². The topological polar surface area (TPSA) is 38.5 Å². The second kappa shape index (κ2) is 6.92. The molecule has 106 valence electrons. The van der Waals surface area contributed by atoms with Gasteiger partial charge in [-0.1, -0.05) is 12.1 Å². The van der Waals surface area contributed by atoms with Crippen LogP contribution in [0.1, 0.15) is 36.0 Å². The first-order valence-corrected chi connectivity index (χ1v) is 7.36. The molecule has 0 amide bonds. The highest BCUT2D eigenvalue weighted by atomic mass is 16.5. The number of benzene rings is 1. The van der Waals surface area contributed by atoms with Gasteiger partial charge in [-0.15, -0.1) is 0 Å². The molecule has 1 aromatic carbocycles. The van der Waals surface area contributed by atoms with Gasteiger partial charge in [0.25, 0.3) is 0 Å². The molecule has 1 saturated heterocycles. The maximum absolute atomic E-state index is 5.96. The fourth-order valence-electron chi connectivity index (χ4n) is 2.85. The van der Waals surface area contributed by atoms with E-state index >= 15 is 0 Å². The van der Waals surface area contributed by atoms with Gasteiger partial charge in [0.15, 0.2) is 0 Å². The van der Waals surface area contributed by atoms with Crippen molar-refractivity contribution in [1.82, 2.24) is 4.90 Å². The van der Waals surface area contributed by atoms with Crippen LogP contribution in [0.5, 0.6) is 5.75 Å². The Kier molecular flexibility index (Phi) is 5.23. The quantitative estimate of drug-likeness (QED) is 0.801. The normalized spacial score (nSPS) is 15.9. The molecule has 3 heteroatoms. The maximum Gasteiger partial charge on any atom is 0.125 e. The summed E-state index contributed by atoms with van der Waals surface area (Å²) in [6.45, 7) is 9.30. The van der Waals surface area contributed by atoms with E-state index in [-0.39, 0.29) is 0 Å². The molecule has 1 aliphatic rings. The van der Waals surface area contributed by atoms with Gasteiger partial charge >= 0.3 is 0 Å². The Balaban J connectivity index is 1.81. The molecule has 0 spiro atoms. The van der Waals surface area contributed by atoms with Gasteiger partial charge in [-0.25, -0.2) is 0 Å². The average Bonchev–Trinajstić information content (AvgIpc) is 2.89. The molecule has 2 rings (SSSR count). The Hall–Kier alpha value is -1.06. The third kappa shape index (κ3) is 3.95. The van der Waals surface area contributed by atoms with Crippen LogP contribution in [0.3, 0.4) is 0 Å². The molecule has 1 aliphatic heterocycles. The van der Waals surface area contributed by atoms with Crippen LogP contribution in [0.2, 0.25) is 0 Å². The van der Waals surface area contributed by atoms with E-state index in [1.165, 1.54) is 49.2 Å². The van der Waals surface area contributed by atoms with Gasteiger partial charge in [0.1, 0.15) is 5.75 Å². The molecule has 2 N–H and O–H groups in total. The van der Waals surface area contributed by atoms with E-state index in [0.717, 1.165) is 18.8 Å². The van der Waals surface area contributed by atoms with Crippen LogP contribution >= 0.6 is 0 Å². The summed E-state index contributed by atoms with van der Waals surface area (Å²) in [4.78, 5) is 2.53. The highest BCUT2D eigenvalue weighted by Gasteiger charge is 2.11. The van der Waals surface area contributed by atoms with Gasteiger partial charge < -0.3 is 15.4 Å². The van der Waals surface area contributed by atoms with Crippen molar-refractivity contribution in [1.29, 1.82) is 0 Å². The molecule has 0 aromatic heterocycles. The zero-order chi connectivity index (χ0) is 13.7.